The monoisotopic (exact) mass is 257 g/mol. The average molecular weight is 257 g/mol. The maximum absolute atomic E-state index is 11.6. The van der Waals surface area contributed by atoms with Gasteiger partial charge in [-0.05, 0) is 11.0 Å². The number of amides is 1. The third-order valence-electron chi connectivity index (χ3n) is 2.30. The van der Waals surface area contributed by atoms with Gasteiger partial charge < -0.3 is 25.6 Å². The zero-order chi connectivity index (χ0) is 13.9. The van der Waals surface area contributed by atoms with Gasteiger partial charge in [-0.15, -0.1) is 0 Å². The van der Waals surface area contributed by atoms with E-state index in [0.29, 0.717) is 0 Å². The molecule has 0 unspecified atom stereocenters. The highest BCUT2D eigenvalue weighted by Gasteiger charge is 2.25. The van der Waals surface area contributed by atoms with Crippen molar-refractivity contribution in [3.05, 3.63) is 27.9 Å². The van der Waals surface area contributed by atoms with E-state index >= 15 is 0 Å². The number of aliphatic carboxylic acids is 1. The van der Waals surface area contributed by atoms with Crippen LogP contribution < -0.4 is 5.32 Å². The number of hydrogen-bond donors (Lipinski definition) is 3. The molecule has 0 aromatic carbocycles. The predicted octanol–water partition coefficient (Wildman–Crippen LogP) is -0.891. The fourth-order valence-corrected chi connectivity index (χ4v) is 1.33. The van der Waals surface area contributed by atoms with E-state index in [2.05, 4.69) is 0 Å². The lowest BCUT2D eigenvalue weighted by molar-refractivity contribution is -0.391. The molecule has 0 fully saturated rings. The van der Waals surface area contributed by atoms with Gasteiger partial charge in [0.1, 0.15) is 0 Å². The van der Waals surface area contributed by atoms with Gasteiger partial charge in [-0.2, -0.15) is 0 Å². The summed E-state index contributed by atoms with van der Waals surface area (Å²) < 4.78 is 1.02. The highest BCUT2D eigenvalue weighted by atomic mass is 16.6. The Morgan fingerprint density at radius 3 is 2.56 bits per heavy atom. The summed E-state index contributed by atoms with van der Waals surface area (Å²) in [6.07, 6.45) is 0. The summed E-state index contributed by atoms with van der Waals surface area (Å²) in [5.74, 6) is -2.50. The standard InChI is InChI=1S/C9H11N3O6/c1-11-6(2-3-7(11)12(17)18)8(14)10-5(4-13)9(15)16/h2-3,5,13H,4H2,1H3,(H,10,14)(H,15,16)/t5-/m1/s1. The molecule has 1 aromatic heterocycles. The molecule has 1 heterocycles. The Kier molecular flexibility index (Phi) is 4.00. The minimum Gasteiger partial charge on any atom is -0.480 e. The lowest BCUT2D eigenvalue weighted by Crippen LogP contribution is -2.43. The van der Waals surface area contributed by atoms with Gasteiger partial charge in [-0.3, -0.25) is 4.79 Å². The zero-order valence-electron chi connectivity index (χ0n) is 9.36. The number of nitrogens with one attached hydrogen (secondary N) is 1. The maximum atomic E-state index is 11.6. The molecule has 9 nitrogen and oxygen atoms in total. The Labute approximate surface area is 101 Å². The predicted molar refractivity (Wildman–Crippen MR) is 58.0 cm³/mol. The number of carbonyl (C=O) groups is 2. The Hall–Kier alpha value is -2.42. The van der Waals surface area contributed by atoms with Crippen LogP contribution >= 0.6 is 0 Å². The van der Waals surface area contributed by atoms with Crippen molar-refractivity contribution < 1.29 is 24.7 Å². The molecule has 1 rings (SSSR count). The summed E-state index contributed by atoms with van der Waals surface area (Å²) in [7, 11) is 1.31. The molecule has 3 N–H and O–H groups in total. The van der Waals surface area contributed by atoms with E-state index in [0.717, 1.165) is 10.6 Å². The van der Waals surface area contributed by atoms with E-state index in [-0.39, 0.29) is 11.5 Å². The van der Waals surface area contributed by atoms with Gasteiger partial charge in [-0.1, -0.05) is 0 Å². The number of aromatic nitrogens is 1. The number of hydrogen-bond acceptors (Lipinski definition) is 5. The van der Waals surface area contributed by atoms with Crippen molar-refractivity contribution in [2.45, 2.75) is 6.04 Å². The van der Waals surface area contributed by atoms with Crippen LogP contribution in [-0.4, -0.2) is 44.2 Å². The topological polar surface area (TPSA) is 135 Å². The van der Waals surface area contributed by atoms with Crippen molar-refractivity contribution in [3.63, 3.8) is 0 Å². The quantitative estimate of drug-likeness (QED) is 0.462. The van der Waals surface area contributed by atoms with Crippen molar-refractivity contribution in [1.82, 2.24) is 9.88 Å². The van der Waals surface area contributed by atoms with Gasteiger partial charge >= 0.3 is 11.8 Å². The minimum atomic E-state index is -1.45. The molecule has 0 saturated heterocycles. The van der Waals surface area contributed by atoms with Crippen molar-refractivity contribution in [3.8, 4) is 0 Å². The number of carbonyl (C=O) groups excluding carboxylic acids is 1. The van der Waals surface area contributed by atoms with Crippen molar-refractivity contribution >= 4 is 17.7 Å². The van der Waals surface area contributed by atoms with E-state index in [1.807, 2.05) is 5.32 Å². The van der Waals surface area contributed by atoms with Crippen molar-refractivity contribution in [2.75, 3.05) is 6.61 Å². The fourth-order valence-electron chi connectivity index (χ4n) is 1.33. The highest BCUT2D eigenvalue weighted by Crippen LogP contribution is 2.14. The summed E-state index contributed by atoms with van der Waals surface area (Å²) in [6, 6.07) is 0.874. The normalized spacial score (nSPS) is 11.9. The first kappa shape index (κ1) is 13.6. The highest BCUT2D eigenvalue weighted by molar-refractivity contribution is 5.95. The number of nitrogens with zero attached hydrogens (tertiary/aromatic N) is 2. The molecule has 0 radical (unpaired) electrons. The molecule has 1 aromatic rings. The van der Waals surface area contributed by atoms with Gasteiger partial charge in [0, 0.05) is 6.07 Å². The zero-order valence-corrected chi connectivity index (χ0v) is 9.36. The molecular weight excluding hydrogens is 246 g/mol. The Morgan fingerprint density at radius 2 is 2.17 bits per heavy atom. The number of nitro groups is 1. The second-order valence-electron chi connectivity index (χ2n) is 3.44. The summed E-state index contributed by atoms with van der Waals surface area (Å²) in [5, 5.41) is 30.0. The summed E-state index contributed by atoms with van der Waals surface area (Å²) in [4.78, 5) is 32.1. The molecule has 9 heteroatoms. The SMILES string of the molecule is Cn1c(C(=O)N[C@H](CO)C(=O)O)ccc1[N+](=O)[O-]. The molecule has 0 aliphatic rings. The minimum absolute atomic E-state index is 0.0681. The van der Waals surface area contributed by atoms with E-state index in [9.17, 15) is 19.7 Å². The smallest absolute Gasteiger partial charge is 0.328 e. The fraction of sp³-hybridized carbons (Fsp3) is 0.333. The molecule has 18 heavy (non-hydrogen) atoms. The van der Waals surface area contributed by atoms with Crippen molar-refractivity contribution in [1.29, 1.82) is 0 Å². The molecule has 0 spiro atoms. The number of carboxylic acids is 1. The number of rotatable bonds is 5. The molecule has 0 saturated carbocycles. The molecule has 1 atom stereocenters. The van der Waals surface area contributed by atoms with Crippen LogP contribution in [0.25, 0.3) is 0 Å². The molecule has 98 valence electrons. The van der Waals surface area contributed by atoms with Gasteiger partial charge in [0.2, 0.25) is 0 Å². The molecular formula is C9H11N3O6. The lowest BCUT2D eigenvalue weighted by atomic mass is 10.3. The largest absolute Gasteiger partial charge is 0.480 e. The number of carboxylic acid groups (broad SMARTS) is 1. The van der Waals surface area contributed by atoms with Crippen molar-refractivity contribution in [2.24, 2.45) is 7.05 Å². The van der Waals surface area contributed by atoms with E-state index in [1.165, 1.54) is 13.1 Å². The first-order valence-corrected chi connectivity index (χ1v) is 4.83. The number of aliphatic hydroxyl groups excluding tert-OH is 1. The summed E-state index contributed by atoms with van der Waals surface area (Å²) in [5.41, 5.74) is -0.0681. The van der Waals surface area contributed by atoms with Crippen LogP contribution in [0.1, 0.15) is 10.5 Å². The van der Waals surface area contributed by atoms with Crippen LogP contribution in [0.2, 0.25) is 0 Å². The summed E-state index contributed by atoms with van der Waals surface area (Å²) in [6.45, 7) is -0.770. The third kappa shape index (κ3) is 2.63. The van der Waals surface area contributed by atoms with Gasteiger partial charge in [0.25, 0.3) is 5.91 Å². The Balaban J connectivity index is 2.91. The first-order valence-electron chi connectivity index (χ1n) is 4.83. The van der Waals surface area contributed by atoms with Crippen LogP contribution in [0.4, 0.5) is 5.82 Å². The van der Waals surface area contributed by atoms with Crippen LogP contribution in [0, 0.1) is 10.1 Å². The first-order chi connectivity index (χ1) is 8.38. The lowest BCUT2D eigenvalue weighted by Gasteiger charge is -2.10. The molecule has 0 bridgehead atoms. The van der Waals surface area contributed by atoms with Crippen LogP contribution in [0.15, 0.2) is 12.1 Å². The maximum Gasteiger partial charge on any atom is 0.328 e. The third-order valence-corrected chi connectivity index (χ3v) is 2.30. The average Bonchev–Trinajstić information content (AvgIpc) is 2.67. The van der Waals surface area contributed by atoms with Gasteiger partial charge in [0.05, 0.1) is 13.7 Å². The molecule has 0 aliphatic heterocycles. The van der Waals surface area contributed by atoms with Gasteiger partial charge in [-0.25, -0.2) is 9.36 Å². The van der Waals surface area contributed by atoms with Crippen LogP contribution in [-0.2, 0) is 11.8 Å². The van der Waals surface area contributed by atoms with Gasteiger partial charge in [0.15, 0.2) is 11.7 Å². The van der Waals surface area contributed by atoms with Crippen LogP contribution in [0.3, 0.4) is 0 Å². The Morgan fingerprint density at radius 1 is 1.56 bits per heavy atom. The molecule has 1 amide bonds. The molecule has 0 aliphatic carbocycles. The van der Waals surface area contributed by atoms with E-state index < -0.39 is 29.4 Å². The summed E-state index contributed by atoms with van der Waals surface area (Å²) >= 11 is 0. The van der Waals surface area contributed by atoms with E-state index in [4.69, 9.17) is 10.2 Å². The second kappa shape index (κ2) is 5.27. The van der Waals surface area contributed by atoms with Crippen LogP contribution in [0.5, 0.6) is 0 Å². The number of aliphatic hydroxyl groups is 1. The Bertz CT molecular complexity index is 494. The second-order valence-corrected chi connectivity index (χ2v) is 3.44. The van der Waals surface area contributed by atoms with E-state index in [1.54, 1.807) is 0 Å².